The number of hydrogen-bond acceptors (Lipinski definition) is 4. The van der Waals surface area contributed by atoms with Gasteiger partial charge >= 0.3 is 0 Å². The summed E-state index contributed by atoms with van der Waals surface area (Å²) in [5.41, 5.74) is 16.5. The summed E-state index contributed by atoms with van der Waals surface area (Å²) in [5, 5.41) is 14.1. The second kappa shape index (κ2) is 28.1. The first-order chi connectivity index (χ1) is 33.4. The number of fused-ring (bicyclic) bond motifs is 9. The summed E-state index contributed by atoms with van der Waals surface area (Å²) in [7, 11) is 12.0. The Hall–Kier alpha value is -6.40. The highest BCUT2D eigenvalue weighted by Gasteiger charge is 2.21. The second-order valence-corrected chi connectivity index (χ2v) is 15.9. The monoisotopic (exact) mass is 903 g/mol. The van der Waals surface area contributed by atoms with Crippen molar-refractivity contribution in [3.05, 3.63) is 182 Å². The van der Waals surface area contributed by atoms with Gasteiger partial charge in [-0.25, -0.2) is 0 Å². The van der Waals surface area contributed by atoms with E-state index >= 15 is 0 Å². The molecule has 0 saturated carbocycles. The maximum atomic E-state index is 2.91. The zero-order valence-corrected chi connectivity index (χ0v) is 43.6. The number of rotatable bonds is 4. The molecule has 0 bridgehead atoms. The first kappa shape index (κ1) is 54.2. The van der Waals surface area contributed by atoms with Crippen molar-refractivity contribution >= 4 is 32.3 Å². The molecule has 0 fully saturated rings. The molecule has 3 aliphatic carbocycles. The minimum Gasteiger partial charge on any atom is -0.308 e. The molecule has 0 radical (unpaired) electrons. The average molecular weight is 903 g/mol. The van der Waals surface area contributed by atoms with E-state index in [2.05, 4.69) is 231 Å². The molecule has 0 aromatic heterocycles. The zero-order valence-electron chi connectivity index (χ0n) is 43.6. The lowest BCUT2D eigenvalue weighted by atomic mass is 10.0. The Morgan fingerprint density at radius 3 is 0.574 bits per heavy atom. The van der Waals surface area contributed by atoms with Gasteiger partial charge in [0, 0.05) is 13.3 Å². The van der Waals surface area contributed by atoms with Crippen LogP contribution in [0.5, 0.6) is 0 Å². The molecular formula is C64H78N4. The van der Waals surface area contributed by atoms with Crippen LogP contribution in [0, 0.1) is 0 Å². The Bertz CT molecular complexity index is 2440. The summed E-state index contributed by atoms with van der Waals surface area (Å²) in [5.74, 6) is 0. The van der Waals surface area contributed by atoms with E-state index in [9.17, 15) is 0 Å². The van der Waals surface area contributed by atoms with Gasteiger partial charge in [-0.05, 0) is 141 Å². The third-order valence-corrected chi connectivity index (χ3v) is 11.2. The first-order valence-electron chi connectivity index (χ1n) is 24.8. The summed E-state index contributed by atoms with van der Waals surface area (Å²) in [6, 6.07) is 65.3. The Labute approximate surface area is 410 Å². The quantitative estimate of drug-likeness (QED) is 0.172. The van der Waals surface area contributed by atoms with E-state index in [1.807, 2.05) is 69.5 Å². The molecule has 68 heavy (non-hydrogen) atoms. The van der Waals surface area contributed by atoms with Gasteiger partial charge in [-0.1, -0.05) is 237 Å². The highest BCUT2D eigenvalue weighted by atomic mass is 15.2. The molecule has 3 aliphatic rings. The molecule has 0 aliphatic heterocycles. The molecule has 0 saturated heterocycles. The van der Waals surface area contributed by atoms with Crippen molar-refractivity contribution in [3.8, 4) is 66.8 Å². The van der Waals surface area contributed by atoms with Crippen molar-refractivity contribution in [2.45, 2.75) is 55.4 Å². The van der Waals surface area contributed by atoms with E-state index in [0.29, 0.717) is 0 Å². The fourth-order valence-electron chi connectivity index (χ4n) is 8.97. The lowest BCUT2D eigenvalue weighted by Crippen LogP contribution is -2.26. The van der Waals surface area contributed by atoms with Crippen molar-refractivity contribution in [1.29, 1.82) is 0 Å². The number of benzene rings is 9. The number of nitrogens with zero attached hydrogens (tertiary/aromatic N) is 2. The molecule has 9 aromatic carbocycles. The van der Waals surface area contributed by atoms with E-state index in [4.69, 9.17) is 0 Å². The second-order valence-electron chi connectivity index (χ2n) is 15.9. The van der Waals surface area contributed by atoms with Crippen LogP contribution in [0.2, 0.25) is 0 Å². The topological polar surface area (TPSA) is 30.5 Å². The lowest BCUT2D eigenvalue weighted by Gasteiger charge is -2.14. The van der Waals surface area contributed by atoms with Crippen LogP contribution in [0.15, 0.2) is 182 Å². The first-order valence-corrected chi connectivity index (χ1v) is 24.8. The van der Waals surface area contributed by atoms with Crippen molar-refractivity contribution in [1.82, 2.24) is 20.4 Å². The van der Waals surface area contributed by atoms with Gasteiger partial charge in [-0.2, -0.15) is 0 Å². The summed E-state index contributed by atoms with van der Waals surface area (Å²) in [6.07, 6.45) is 0. The minimum atomic E-state index is 0.889. The van der Waals surface area contributed by atoms with Crippen molar-refractivity contribution in [2.75, 3.05) is 55.6 Å². The summed E-state index contributed by atoms with van der Waals surface area (Å²) in [4.78, 5) is 4.25. The van der Waals surface area contributed by atoms with E-state index < -0.39 is 0 Å². The van der Waals surface area contributed by atoms with Gasteiger partial charge in [-0.3, -0.25) is 9.80 Å². The van der Waals surface area contributed by atoms with E-state index in [-0.39, 0.29) is 0 Å². The third kappa shape index (κ3) is 12.4. The molecule has 9 aromatic rings. The maximum absolute atomic E-state index is 2.91. The molecule has 0 heterocycles. The van der Waals surface area contributed by atoms with Crippen LogP contribution < -0.4 is 10.6 Å². The molecule has 4 heteroatoms. The Kier molecular flexibility index (Phi) is 22.4. The third-order valence-electron chi connectivity index (χ3n) is 11.2. The summed E-state index contributed by atoms with van der Waals surface area (Å²) in [6.45, 7) is 17.9. The van der Waals surface area contributed by atoms with Gasteiger partial charge in [0.1, 0.15) is 0 Å². The highest BCUT2D eigenvalue weighted by Crippen LogP contribution is 2.49. The van der Waals surface area contributed by atoms with Crippen molar-refractivity contribution < 1.29 is 0 Å². The molecule has 0 amide bonds. The van der Waals surface area contributed by atoms with Crippen LogP contribution in [0.25, 0.3) is 99.1 Å². The fraction of sp³-hybridized carbons (Fsp3) is 0.250. The predicted molar refractivity (Wildman–Crippen MR) is 306 cm³/mol. The average Bonchev–Trinajstić information content (AvgIpc) is 4.03. The molecule has 354 valence electrons. The van der Waals surface area contributed by atoms with E-state index in [0.717, 1.165) is 13.3 Å². The van der Waals surface area contributed by atoms with Crippen LogP contribution in [0.3, 0.4) is 0 Å². The molecule has 0 unspecified atom stereocenters. The van der Waals surface area contributed by atoms with E-state index in [1.165, 1.54) is 99.1 Å². The Morgan fingerprint density at radius 2 is 0.441 bits per heavy atom. The molecule has 0 spiro atoms. The van der Waals surface area contributed by atoms with Gasteiger partial charge in [0.2, 0.25) is 0 Å². The lowest BCUT2D eigenvalue weighted by molar-refractivity contribution is 0.245. The van der Waals surface area contributed by atoms with Crippen LogP contribution in [0.1, 0.15) is 55.4 Å². The van der Waals surface area contributed by atoms with Gasteiger partial charge < -0.3 is 10.6 Å². The van der Waals surface area contributed by atoms with Crippen LogP contribution >= 0.6 is 0 Å². The Morgan fingerprint density at radius 1 is 0.265 bits per heavy atom. The molecule has 0 atom stereocenters. The molecular weight excluding hydrogens is 825 g/mol. The van der Waals surface area contributed by atoms with Crippen molar-refractivity contribution in [3.63, 3.8) is 0 Å². The standard InChI is InChI=1S/3C16H10.C5H14N2.C3H10N2.4C2H6/c3*1-2-8-13-12(7-1)14-9-3-5-11-6-4-10-15(13)16(11)14;1-6(2)5-7(3)4;1-4-3-5-2;4*1-2/h3*1-10H;5H2,1-4H3;4-5H,3H2,1-2H3;4*1-2H3. The minimum absolute atomic E-state index is 0.889. The summed E-state index contributed by atoms with van der Waals surface area (Å²) >= 11 is 0. The van der Waals surface area contributed by atoms with Gasteiger partial charge in [-0.15, -0.1) is 0 Å². The SMILES string of the molecule is CC.CC.CC.CC.CN(C)CN(C)C.CNCNC.c1ccc2c(c1)-c1cccc3cccc-2c13.c1ccc2c(c1)-c1cccc3cccc-2c13.c1ccc2c(c1)-c1cccc3cccc-2c13. The highest BCUT2D eigenvalue weighted by molar-refractivity contribution is 6.17. The molecule has 12 rings (SSSR count). The number of nitrogens with one attached hydrogen (secondary N) is 2. The fourth-order valence-corrected chi connectivity index (χ4v) is 8.97. The molecule has 4 nitrogen and oxygen atoms in total. The van der Waals surface area contributed by atoms with Crippen LogP contribution in [-0.4, -0.2) is 65.4 Å². The van der Waals surface area contributed by atoms with Crippen molar-refractivity contribution in [2.24, 2.45) is 0 Å². The normalized spacial score (nSPS) is 10.4. The smallest absolute Gasteiger partial charge is 0.0495 e. The van der Waals surface area contributed by atoms with Gasteiger partial charge in [0.05, 0.1) is 0 Å². The molecule has 2 N–H and O–H groups in total. The Balaban J connectivity index is 0.000000187. The van der Waals surface area contributed by atoms with Gasteiger partial charge in [0.25, 0.3) is 0 Å². The zero-order chi connectivity index (χ0) is 49.6. The number of hydrogen-bond donors (Lipinski definition) is 2. The maximum Gasteiger partial charge on any atom is 0.0495 e. The van der Waals surface area contributed by atoms with Crippen LogP contribution in [0.4, 0.5) is 0 Å². The van der Waals surface area contributed by atoms with E-state index in [1.54, 1.807) is 0 Å². The van der Waals surface area contributed by atoms with Crippen LogP contribution in [-0.2, 0) is 0 Å². The predicted octanol–water partition coefficient (Wildman–Crippen LogP) is 17.0. The largest absolute Gasteiger partial charge is 0.308 e. The summed E-state index contributed by atoms with van der Waals surface area (Å²) < 4.78 is 0. The van der Waals surface area contributed by atoms with Gasteiger partial charge in [0.15, 0.2) is 0 Å².